The zero-order chi connectivity index (χ0) is 12.1. The van der Waals surface area contributed by atoms with Crippen molar-refractivity contribution in [3.63, 3.8) is 0 Å². The van der Waals surface area contributed by atoms with Crippen molar-refractivity contribution in [2.75, 3.05) is 0 Å². The zero-order valence-electron chi connectivity index (χ0n) is 9.85. The highest BCUT2D eigenvalue weighted by Gasteiger charge is 2.45. The van der Waals surface area contributed by atoms with Crippen LogP contribution in [-0.2, 0) is 11.8 Å². The molecule has 2 N–H and O–H groups in total. The van der Waals surface area contributed by atoms with Gasteiger partial charge in [0.1, 0.15) is 0 Å². The van der Waals surface area contributed by atoms with Crippen LogP contribution in [0.25, 0.3) is 0 Å². The fourth-order valence-corrected chi connectivity index (χ4v) is 2.12. The van der Waals surface area contributed by atoms with Crippen LogP contribution in [0.15, 0.2) is 18.2 Å². The second kappa shape index (κ2) is 3.27. The highest BCUT2D eigenvalue weighted by Crippen LogP contribution is 2.42. The van der Waals surface area contributed by atoms with Crippen LogP contribution < -0.4 is 5.73 Å². The molecule has 0 heterocycles. The van der Waals surface area contributed by atoms with Gasteiger partial charge in [-0.2, -0.15) is 0 Å². The molecule has 16 heavy (non-hydrogen) atoms. The van der Waals surface area contributed by atoms with Crippen LogP contribution in [0.3, 0.4) is 0 Å². The van der Waals surface area contributed by atoms with E-state index in [4.69, 9.17) is 5.73 Å². The summed E-state index contributed by atoms with van der Waals surface area (Å²) < 4.78 is 26.9. The number of alkyl halides is 2. The van der Waals surface area contributed by atoms with Gasteiger partial charge in [0.15, 0.2) is 0 Å². The molecule has 0 spiro atoms. The van der Waals surface area contributed by atoms with Crippen LogP contribution in [0.1, 0.15) is 43.5 Å². The van der Waals surface area contributed by atoms with Crippen molar-refractivity contribution >= 4 is 0 Å². The molecule has 0 radical (unpaired) electrons. The summed E-state index contributed by atoms with van der Waals surface area (Å²) in [5.74, 6) is -2.79. The van der Waals surface area contributed by atoms with E-state index >= 15 is 0 Å². The summed E-state index contributed by atoms with van der Waals surface area (Å²) >= 11 is 0. The zero-order valence-corrected chi connectivity index (χ0v) is 9.85. The fourth-order valence-electron chi connectivity index (χ4n) is 2.12. The Hall–Kier alpha value is -0.960. The number of hydrogen-bond acceptors (Lipinski definition) is 1. The van der Waals surface area contributed by atoms with Gasteiger partial charge < -0.3 is 5.73 Å². The molecular weight excluding hydrogens is 208 g/mol. The van der Waals surface area contributed by atoms with Crippen molar-refractivity contribution in [2.45, 2.75) is 44.6 Å². The predicted octanol–water partition coefficient (Wildman–Crippen LogP) is 3.18. The minimum absolute atomic E-state index is 0.0169. The topological polar surface area (TPSA) is 26.0 Å². The minimum Gasteiger partial charge on any atom is -0.319 e. The number of halogens is 2. The van der Waals surface area contributed by atoms with Gasteiger partial charge in [-0.1, -0.05) is 39.0 Å². The maximum Gasteiger partial charge on any atom is 0.270 e. The summed E-state index contributed by atoms with van der Waals surface area (Å²) in [6, 6.07) is 4.38. The SMILES string of the molecule is CC(C)(C)c1ccc2c(c1)CC(F)(F)[C@@H]2N. The number of fused-ring (bicyclic) bond motifs is 1. The molecule has 0 fully saturated rings. The molecule has 1 atom stereocenters. The normalized spacial score (nSPS) is 23.2. The van der Waals surface area contributed by atoms with E-state index in [1.54, 1.807) is 6.07 Å². The standard InChI is InChI=1S/C13H17F2N/c1-12(2,3)9-4-5-10-8(6-9)7-13(14,15)11(10)16/h4-6,11H,7,16H2,1-3H3/t11-/m1/s1. The van der Waals surface area contributed by atoms with Gasteiger partial charge in [0.05, 0.1) is 6.04 Å². The molecule has 1 aliphatic carbocycles. The van der Waals surface area contributed by atoms with E-state index in [2.05, 4.69) is 20.8 Å². The molecular formula is C13H17F2N. The summed E-state index contributed by atoms with van der Waals surface area (Å²) in [6.07, 6.45) is -0.229. The summed E-state index contributed by atoms with van der Waals surface area (Å²) in [5, 5.41) is 0. The highest BCUT2D eigenvalue weighted by molar-refractivity contribution is 5.42. The largest absolute Gasteiger partial charge is 0.319 e. The maximum atomic E-state index is 13.4. The monoisotopic (exact) mass is 225 g/mol. The number of rotatable bonds is 0. The molecule has 1 aliphatic rings. The Morgan fingerprint density at radius 1 is 1.31 bits per heavy atom. The Morgan fingerprint density at radius 2 is 1.94 bits per heavy atom. The van der Waals surface area contributed by atoms with Crippen molar-refractivity contribution in [1.29, 1.82) is 0 Å². The highest BCUT2D eigenvalue weighted by atomic mass is 19.3. The van der Waals surface area contributed by atoms with Crippen LogP contribution >= 0.6 is 0 Å². The summed E-state index contributed by atoms with van der Waals surface area (Å²) in [6.45, 7) is 6.21. The van der Waals surface area contributed by atoms with Crippen LogP contribution in [0.2, 0.25) is 0 Å². The lowest BCUT2D eigenvalue weighted by molar-refractivity contribution is -0.0135. The summed E-state index contributed by atoms with van der Waals surface area (Å²) in [4.78, 5) is 0. The van der Waals surface area contributed by atoms with E-state index in [-0.39, 0.29) is 11.8 Å². The smallest absolute Gasteiger partial charge is 0.270 e. The molecule has 3 heteroatoms. The Labute approximate surface area is 94.7 Å². The van der Waals surface area contributed by atoms with E-state index in [0.29, 0.717) is 11.1 Å². The van der Waals surface area contributed by atoms with Crippen molar-refractivity contribution in [1.82, 2.24) is 0 Å². The Bertz CT molecular complexity index is 418. The van der Waals surface area contributed by atoms with E-state index < -0.39 is 12.0 Å². The fraction of sp³-hybridized carbons (Fsp3) is 0.538. The molecule has 0 saturated carbocycles. The second-order valence-electron chi connectivity index (χ2n) is 5.58. The molecule has 0 aromatic heterocycles. The Balaban J connectivity index is 2.45. The molecule has 1 nitrogen and oxygen atoms in total. The van der Waals surface area contributed by atoms with Gasteiger partial charge in [0, 0.05) is 6.42 Å². The average molecular weight is 225 g/mol. The van der Waals surface area contributed by atoms with Crippen LogP contribution in [-0.4, -0.2) is 5.92 Å². The van der Waals surface area contributed by atoms with E-state index in [9.17, 15) is 8.78 Å². The first kappa shape index (κ1) is 11.5. The summed E-state index contributed by atoms with van der Waals surface area (Å²) in [5.41, 5.74) is 7.89. The van der Waals surface area contributed by atoms with Gasteiger partial charge in [0.25, 0.3) is 5.92 Å². The molecule has 0 amide bonds. The lowest BCUT2D eigenvalue weighted by Gasteiger charge is -2.20. The number of nitrogens with two attached hydrogens (primary N) is 1. The van der Waals surface area contributed by atoms with E-state index in [1.165, 1.54) is 0 Å². The molecule has 0 bridgehead atoms. The van der Waals surface area contributed by atoms with Crippen LogP contribution in [0.5, 0.6) is 0 Å². The third-order valence-corrected chi connectivity index (χ3v) is 3.23. The molecule has 2 rings (SSSR count). The first-order valence-electron chi connectivity index (χ1n) is 5.48. The van der Waals surface area contributed by atoms with Gasteiger partial charge in [-0.05, 0) is 22.1 Å². The predicted molar refractivity (Wildman–Crippen MR) is 60.7 cm³/mol. The molecule has 1 aromatic carbocycles. The van der Waals surface area contributed by atoms with Gasteiger partial charge in [-0.3, -0.25) is 0 Å². The Morgan fingerprint density at radius 3 is 2.50 bits per heavy atom. The average Bonchev–Trinajstić information content (AvgIpc) is 2.36. The van der Waals surface area contributed by atoms with Gasteiger partial charge in [-0.15, -0.1) is 0 Å². The molecule has 88 valence electrons. The maximum absolute atomic E-state index is 13.4. The van der Waals surface area contributed by atoms with Crippen molar-refractivity contribution < 1.29 is 8.78 Å². The summed E-state index contributed by atoms with van der Waals surface area (Å²) in [7, 11) is 0. The van der Waals surface area contributed by atoms with E-state index in [1.807, 2.05) is 12.1 Å². The number of benzene rings is 1. The first-order valence-corrected chi connectivity index (χ1v) is 5.48. The molecule has 0 unspecified atom stereocenters. The minimum atomic E-state index is -2.79. The lowest BCUT2D eigenvalue weighted by Crippen LogP contribution is -2.28. The van der Waals surface area contributed by atoms with E-state index in [0.717, 1.165) is 5.56 Å². The molecule has 0 saturated heterocycles. The van der Waals surface area contributed by atoms with Crippen molar-refractivity contribution in [2.24, 2.45) is 5.73 Å². The van der Waals surface area contributed by atoms with Crippen LogP contribution in [0.4, 0.5) is 8.78 Å². The van der Waals surface area contributed by atoms with Gasteiger partial charge >= 0.3 is 0 Å². The second-order valence-corrected chi connectivity index (χ2v) is 5.58. The van der Waals surface area contributed by atoms with Crippen LogP contribution in [0, 0.1) is 0 Å². The molecule has 1 aromatic rings. The quantitative estimate of drug-likeness (QED) is 0.721. The first-order chi connectivity index (χ1) is 7.22. The van der Waals surface area contributed by atoms with Gasteiger partial charge in [-0.25, -0.2) is 8.78 Å². The van der Waals surface area contributed by atoms with Crippen molar-refractivity contribution in [3.05, 3.63) is 34.9 Å². The Kier molecular flexibility index (Phi) is 2.35. The lowest BCUT2D eigenvalue weighted by atomic mass is 9.85. The third-order valence-electron chi connectivity index (χ3n) is 3.23. The molecule has 0 aliphatic heterocycles. The third kappa shape index (κ3) is 1.73. The van der Waals surface area contributed by atoms with Crippen molar-refractivity contribution in [3.8, 4) is 0 Å². The number of hydrogen-bond donors (Lipinski definition) is 1. The van der Waals surface area contributed by atoms with Gasteiger partial charge in [0.2, 0.25) is 0 Å².